The number of nitrogens with zero attached hydrogens (tertiary/aromatic N) is 3. The molecular weight excluding hydrogens is 334 g/mol. The average molecular weight is 360 g/mol. The van der Waals surface area contributed by atoms with Gasteiger partial charge in [0.05, 0.1) is 14.1 Å². The predicted molar refractivity (Wildman–Crippen MR) is 108 cm³/mol. The number of aryl methyl sites for hydroxylation is 3. The SMILES string of the molecule is Cc1ccc2nc(C3CCCCC3)oc2c1-c1n(C)c2ccccc2[n+]1C. The first-order valence-electron chi connectivity index (χ1n) is 9.99. The normalized spacial score (nSPS) is 15.8. The highest BCUT2D eigenvalue weighted by Crippen LogP contribution is 2.37. The lowest BCUT2D eigenvalue weighted by Gasteiger charge is -2.17. The van der Waals surface area contributed by atoms with Crippen LogP contribution in [0.4, 0.5) is 0 Å². The van der Waals surface area contributed by atoms with E-state index in [-0.39, 0.29) is 0 Å². The molecule has 1 fully saturated rings. The van der Waals surface area contributed by atoms with Crippen molar-refractivity contribution in [2.24, 2.45) is 14.1 Å². The molecule has 0 bridgehead atoms. The summed E-state index contributed by atoms with van der Waals surface area (Å²) in [4.78, 5) is 4.89. The summed E-state index contributed by atoms with van der Waals surface area (Å²) in [5, 5.41) is 0. The van der Waals surface area contributed by atoms with Crippen molar-refractivity contribution < 1.29 is 8.98 Å². The number of hydrogen-bond acceptors (Lipinski definition) is 2. The standard InChI is InChI=1S/C23H26N3O/c1-15-13-14-17-21(27-22(24-17)16-9-5-4-6-10-16)20(15)23-25(2)18-11-7-8-12-19(18)26(23)3/h7-8,11-14,16H,4-6,9-10H2,1-3H3/q+1. The van der Waals surface area contributed by atoms with E-state index in [1.807, 2.05) is 0 Å². The quantitative estimate of drug-likeness (QED) is 0.462. The summed E-state index contributed by atoms with van der Waals surface area (Å²) in [7, 11) is 4.27. The van der Waals surface area contributed by atoms with Crippen LogP contribution in [-0.2, 0) is 14.1 Å². The van der Waals surface area contributed by atoms with Gasteiger partial charge in [-0.2, -0.15) is 0 Å². The van der Waals surface area contributed by atoms with Crippen LogP contribution in [0.1, 0.15) is 49.5 Å². The molecule has 0 N–H and O–H groups in total. The summed E-state index contributed by atoms with van der Waals surface area (Å²) in [6.07, 6.45) is 6.31. The molecule has 0 saturated heterocycles. The molecule has 2 aromatic carbocycles. The van der Waals surface area contributed by atoms with E-state index in [1.54, 1.807) is 0 Å². The maximum absolute atomic E-state index is 6.44. The minimum absolute atomic E-state index is 0.473. The molecule has 0 radical (unpaired) electrons. The smallest absolute Gasteiger partial charge is 0.293 e. The predicted octanol–water partition coefficient (Wildman–Crippen LogP) is 5.17. The van der Waals surface area contributed by atoms with Crippen LogP contribution in [-0.4, -0.2) is 9.55 Å². The Hall–Kier alpha value is -2.62. The van der Waals surface area contributed by atoms with E-state index >= 15 is 0 Å². The van der Waals surface area contributed by atoms with Crippen LogP contribution in [0.15, 0.2) is 40.8 Å². The first-order valence-corrected chi connectivity index (χ1v) is 9.99. The maximum Gasteiger partial charge on any atom is 0.293 e. The molecule has 2 heterocycles. The second kappa shape index (κ2) is 6.22. The molecular formula is C23H26N3O+. The molecule has 4 heteroatoms. The first kappa shape index (κ1) is 16.5. The zero-order chi connectivity index (χ0) is 18.5. The highest BCUT2D eigenvalue weighted by atomic mass is 16.3. The van der Waals surface area contributed by atoms with E-state index in [1.165, 1.54) is 48.7 Å². The van der Waals surface area contributed by atoms with Crippen LogP contribution in [0.3, 0.4) is 0 Å². The van der Waals surface area contributed by atoms with Gasteiger partial charge in [0.2, 0.25) is 0 Å². The Kier molecular flexibility index (Phi) is 3.81. The number of fused-ring (bicyclic) bond motifs is 2. The average Bonchev–Trinajstić information content (AvgIpc) is 3.24. The summed E-state index contributed by atoms with van der Waals surface area (Å²) in [6, 6.07) is 12.8. The first-order chi connectivity index (χ1) is 13.1. The summed E-state index contributed by atoms with van der Waals surface area (Å²) in [6.45, 7) is 2.16. The highest BCUT2D eigenvalue weighted by molar-refractivity contribution is 5.91. The molecule has 0 spiro atoms. The Morgan fingerprint density at radius 3 is 2.63 bits per heavy atom. The third-order valence-electron chi connectivity index (χ3n) is 6.20. The number of hydrogen-bond donors (Lipinski definition) is 0. The highest BCUT2D eigenvalue weighted by Gasteiger charge is 2.28. The van der Waals surface area contributed by atoms with Crippen LogP contribution < -0.4 is 4.57 Å². The van der Waals surface area contributed by atoms with Gasteiger partial charge in [-0.25, -0.2) is 14.1 Å². The van der Waals surface area contributed by atoms with Crippen molar-refractivity contribution in [1.29, 1.82) is 0 Å². The summed E-state index contributed by atoms with van der Waals surface area (Å²) in [5.74, 6) is 2.56. The molecule has 4 aromatic rings. The summed E-state index contributed by atoms with van der Waals surface area (Å²) < 4.78 is 11.0. The van der Waals surface area contributed by atoms with Crippen molar-refractivity contribution in [3.05, 3.63) is 47.9 Å². The van der Waals surface area contributed by atoms with E-state index in [9.17, 15) is 0 Å². The van der Waals surface area contributed by atoms with Crippen LogP contribution in [0.2, 0.25) is 0 Å². The molecule has 1 saturated carbocycles. The minimum Gasteiger partial charge on any atom is -0.439 e. The van der Waals surface area contributed by atoms with Gasteiger partial charge in [0.25, 0.3) is 5.82 Å². The Bertz CT molecular complexity index is 1110. The molecule has 1 aliphatic carbocycles. The Morgan fingerprint density at radius 2 is 1.85 bits per heavy atom. The largest absolute Gasteiger partial charge is 0.439 e. The molecule has 0 atom stereocenters. The van der Waals surface area contributed by atoms with Gasteiger partial charge < -0.3 is 4.42 Å². The lowest BCUT2D eigenvalue weighted by molar-refractivity contribution is -0.634. The van der Waals surface area contributed by atoms with Crippen molar-refractivity contribution >= 4 is 22.1 Å². The second-order valence-corrected chi connectivity index (χ2v) is 7.92. The van der Waals surface area contributed by atoms with Crippen molar-refractivity contribution in [1.82, 2.24) is 9.55 Å². The van der Waals surface area contributed by atoms with Crippen molar-refractivity contribution in [2.45, 2.75) is 44.9 Å². The summed E-state index contributed by atoms with van der Waals surface area (Å²) >= 11 is 0. The van der Waals surface area contributed by atoms with E-state index in [0.717, 1.165) is 28.4 Å². The summed E-state index contributed by atoms with van der Waals surface area (Å²) in [5.41, 5.74) is 6.72. The van der Waals surface area contributed by atoms with Gasteiger partial charge in [0, 0.05) is 5.92 Å². The maximum atomic E-state index is 6.44. The van der Waals surface area contributed by atoms with Gasteiger partial charge in [-0.15, -0.1) is 0 Å². The minimum atomic E-state index is 0.473. The molecule has 1 aliphatic rings. The molecule has 27 heavy (non-hydrogen) atoms. The number of imidazole rings is 1. The number of benzene rings is 2. The Labute approximate surface area is 159 Å². The van der Waals surface area contributed by atoms with Crippen LogP contribution in [0, 0.1) is 6.92 Å². The third kappa shape index (κ3) is 2.50. The van der Waals surface area contributed by atoms with Gasteiger partial charge >= 0.3 is 0 Å². The van der Waals surface area contributed by atoms with Gasteiger partial charge in [-0.05, 0) is 43.5 Å². The van der Waals surface area contributed by atoms with E-state index < -0.39 is 0 Å². The number of rotatable bonds is 2. The zero-order valence-corrected chi connectivity index (χ0v) is 16.3. The van der Waals surface area contributed by atoms with E-state index in [2.05, 4.69) is 66.6 Å². The number of para-hydroxylation sites is 2. The third-order valence-corrected chi connectivity index (χ3v) is 6.20. The molecule has 0 aliphatic heterocycles. The van der Waals surface area contributed by atoms with Crippen molar-refractivity contribution in [3.8, 4) is 11.4 Å². The fourth-order valence-corrected chi connectivity index (χ4v) is 4.73. The monoisotopic (exact) mass is 360 g/mol. The van der Waals surface area contributed by atoms with Crippen LogP contribution in [0.5, 0.6) is 0 Å². The van der Waals surface area contributed by atoms with Crippen molar-refractivity contribution in [3.63, 3.8) is 0 Å². The van der Waals surface area contributed by atoms with Gasteiger partial charge in [-0.3, -0.25) is 0 Å². The molecule has 0 amide bonds. The zero-order valence-electron chi connectivity index (χ0n) is 16.3. The number of oxazole rings is 1. The van der Waals surface area contributed by atoms with Crippen molar-refractivity contribution in [2.75, 3.05) is 0 Å². The van der Waals surface area contributed by atoms with Gasteiger partial charge in [0.15, 0.2) is 22.5 Å². The van der Waals surface area contributed by atoms with E-state index in [0.29, 0.717) is 5.92 Å². The fraction of sp³-hybridized carbons (Fsp3) is 0.391. The molecule has 4 nitrogen and oxygen atoms in total. The van der Waals surface area contributed by atoms with Crippen LogP contribution >= 0.6 is 0 Å². The Balaban J connectivity index is 1.76. The topological polar surface area (TPSA) is 34.8 Å². The lowest BCUT2D eigenvalue weighted by atomic mass is 9.89. The fourth-order valence-electron chi connectivity index (χ4n) is 4.73. The van der Waals surface area contributed by atoms with Gasteiger partial charge in [0.1, 0.15) is 11.1 Å². The molecule has 2 aromatic heterocycles. The lowest BCUT2D eigenvalue weighted by Crippen LogP contribution is -2.30. The molecule has 0 unspecified atom stereocenters. The molecule has 5 rings (SSSR count). The van der Waals surface area contributed by atoms with Crippen LogP contribution in [0.25, 0.3) is 33.5 Å². The number of aromatic nitrogens is 3. The molecule has 138 valence electrons. The van der Waals surface area contributed by atoms with Gasteiger partial charge in [-0.1, -0.05) is 37.5 Å². The Morgan fingerprint density at radius 1 is 1.07 bits per heavy atom. The van der Waals surface area contributed by atoms with E-state index in [4.69, 9.17) is 9.40 Å². The second-order valence-electron chi connectivity index (χ2n) is 7.92.